The van der Waals surface area contributed by atoms with E-state index >= 15 is 0 Å². The van der Waals surface area contributed by atoms with Gasteiger partial charge in [-0.3, -0.25) is 0 Å². The first-order chi connectivity index (χ1) is 7.86. The highest BCUT2D eigenvalue weighted by molar-refractivity contribution is 5.14. The van der Waals surface area contributed by atoms with E-state index in [1.54, 1.807) is 0 Å². The van der Waals surface area contributed by atoms with E-state index in [1.807, 2.05) is 0 Å². The van der Waals surface area contributed by atoms with Crippen LogP contribution in [0.2, 0.25) is 0 Å². The zero-order chi connectivity index (χ0) is 11.6. The maximum atomic E-state index is 8.81. The van der Waals surface area contributed by atoms with Crippen molar-refractivity contribution in [1.82, 2.24) is 5.32 Å². The van der Waals surface area contributed by atoms with Gasteiger partial charge >= 0.3 is 0 Å². The zero-order valence-electron chi connectivity index (χ0n) is 10.2. The third-order valence-corrected chi connectivity index (χ3v) is 2.81. The summed E-state index contributed by atoms with van der Waals surface area (Å²) >= 11 is 0. The Morgan fingerprint density at radius 2 is 1.94 bits per heavy atom. The Hall–Kier alpha value is -0.860. The van der Waals surface area contributed by atoms with Gasteiger partial charge in [0.15, 0.2) is 0 Å². The minimum absolute atomic E-state index is 0.228. The van der Waals surface area contributed by atoms with E-state index in [9.17, 15) is 0 Å². The molecule has 0 fully saturated rings. The number of nitrogens with one attached hydrogen (secondary N) is 1. The summed E-state index contributed by atoms with van der Waals surface area (Å²) in [4.78, 5) is 0. The Morgan fingerprint density at radius 1 is 1.19 bits per heavy atom. The van der Waals surface area contributed by atoms with E-state index in [0.717, 1.165) is 12.8 Å². The number of aliphatic hydroxyl groups is 1. The molecule has 1 atom stereocenters. The summed E-state index contributed by atoms with van der Waals surface area (Å²) < 4.78 is 0. The largest absolute Gasteiger partial charge is 0.395 e. The van der Waals surface area contributed by atoms with Gasteiger partial charge in [-0.1, -0.05) is 43.7 Å². The molecule has 0 amide bonds. The number of rotatable bonds is 8. The zero-order valence-corrected chi connectivity index (χ0v) is 10.2. The maximum Gasteiger partial charge on any atom is 0.0556 e. The minimum atomic E-state index is 0.228. The minimum Gasteiger partial charge on any atom is -0.395 e. The molecule has 1 aromatic carbocycles. The molecule has 1 unspecified atom stereocenters. The highest BCUT2D eigenvalue weighted by atomic mass is 16.3. The molecule has 0 heterocycles. The van der Waals surface area contributed by atoms with Crippen LogP contribution in [0.4, 0.5) is 0 Å². The van der Waals surface area contributed by atoms with Gasteiger partial charge in [-0.05, 0) is 24.8 Å². The first-order valence-corrected chi connectivity index (χ1v) is 6.25. The second-order valence-electron chi connectivity index (χ2n) is 4.19. The molecule has 0 saturated heterocycles. The Balaban J connectivity index is 2.31. The van der Waals surface area contributed by atoms with E-state index in [0.29, 0.717) is 12.6 Å². The second-order valence-corrected chi connectivity index (χ2v) is 4.19. The lowest BCUT2D eigenvalue weighted by molar-refractivity contribution is 0.279. The van der Waals surface area contributed by atoms with Crippen LogP contribution < -0.4 is 5.32 Å². The molecule has 1 aromatic rings. The molecule has 0 aromatic heterocycles. The van der Waals surface area contributed by atoms with Crippen LogP contribution in [0.5, 0.6) is 0 Å². The van der Waals surface area contributed by atoms with E-state index in [-0.39, 0.29) is 6.61 Å². The van der Waals surface area contributed by atoms with E-state index in [4.69, 9.17) is 5.11 Å². The molecule has 16 heavy (non-hydrogen) atoms. The first-order valence-electron chi connectivity index (χ1n) is 6.25. The predicted octanol–water partition coefficient (Wildman–Crippen LogP) is 2.37. The van der Waals surface area contributed by atoms with Crippen molar-refractivity contribution in [3.8, 4) is 0 Å². The Kier molecular flexibility index (Phi) is 6.86. The first kappa shape index (κ1) is 13.2. The fourth-order valence-electron chi connectivity index (χ4n) is 1.95. The van der Waals surface area contributed by atoms with Gasteiger partial charge in [-0.2, -0.15) is 0 Å². The van der Waals surface area contributed by atoms with E-state index < -0.39 is 0 Å². The van der Waals surface area contributed by atoms with Gasteiger partial charge in [0, 0.05) is 12.6 Å². The number of aliphatic hydroxyl groups excluding tert-OH is 1. The number of aryl methyl sites for hydroxylation is 1. The van der Waals surface area contributed by atoms with Crippen molar-refractivity contribution in [3.63, 3.8) is 0 Å². The molecule has 0 aliphatic carbocycles. The second kappa shape index (κ2) is 8.31. The van der Waals surface area contributed by atoms with Gasteiger partial charge in [0.25, 0.3) is 0 Å². The fourth-order valence-corrected chi connectivity index (χ4v) is 1.95. The molecule has 0 aliphatic rings. The normalized spacial score (nSPS) is 12.6. The molecule has 0 bridgehead atoms. The van der Waals surface area contributed by atoms with Gasteiger partial charge < -0.3 is 10.4 Å². The number of benzene rings is 1. The third kappa shape index (κ3) is 5.29. The van der Waals surface area contributed by atoms with Crippen molar-refractivity contribution in [1.29, 1.82) is 0 Å². The van der Waals surface area contributed by atoms with Gasteiger partial charge in [0.1, 0.15) is 0 Å². The lowest BCUT2D eigenvalue weighted by Gasteiger charge is -2.17. The van der Waals surface area contributed by atoms with Gasteiger partial charge in [-0.25, -0.2) is 0 Å². The number of hydrogen-bond acceptors (Lipinski definition) is 2. The van der Waals surface area contributed by atoms with Crippen LogP contribution in [0, 0.1) is 0 Å². The van der Waals surface area contributed by atoms with Gasteiger partial charge in [-0.15, -0.1) is 0 Å². The smallest absolute Gasteiger partial charge is 0.0556 e. The van der Waals surface area contributed by atoms with Crippen LogP contribution >= 0.6 is 0 Å². The summed E-state index contributed by atoms with van der Waals surface area (Å²) in [5.74, 6) is 0. The summed E-state index contributed by atoms with van der Waals surface area (Å²) in [6.45, 7) is 3.14. The van der Waals surface area contributed by atoms with Gasteiger partial charge in [0.2, 0.25) is 0 Å². The molecule has 2 nitrogen and oxygen atoms in total. The van der Waals surface area contributed by atoms with Crippen molar-refractivity contribution >= 4 is 0 Å². The molecular formula is C14H23NO. The van der Waals surface area contributed by atoms with E-state index in [2.05, 4.69) is 42.6 Å². The molecule has 1 rings (SSSR count). The lowest BCUT2D eigenvalue weighted by Crippen LogP contribution is -2.31. The molecule has 2 heteroatoms. The summed E-state index contributed by atoms with van der Waals surface area (Å²) in [5.41, 5.74) is 1.40. The highest BCUT2D eigenvalue weighted by Crippen LogP contribution is 2.08. The molecule has 0 saturated carbocycles. The summed E-state index contributed by atoms with van der Waals surface area (Å²) in [5, 5.41) is 12.2. The van der Waals surface area contributed by atoms with Crippen LogP contribution in [0.1, 0.15) is 31.7 Å². The van der Waals surface area contributed by atoms with Crippen molar-refractivity contribution < 1.29 is 5.11 Å². The molecule has 90 valence electrons. The SMILES string of the molecule is CCCC(CCc1ccccc1)NCCO. The van der Waals surface area contributed by atoms with E-state index in [1.165, 1.54) is 18.4 Å². The molecule has 0 spiro atoms. The Bertz CT molecular complexity index is 261. The average molecular weight is 221 g/mol. The van der Waals surface area contributed by atoms with Crippen molar-refractivity contribution in [3.05, 3.63) is 35.9 Å². The van der Waals surface area contributed by atoms with Crippen LogP contribution in [0.15, 0.2) is 30.3 Å². The van der Waals surface area contributed by atoms with Crippen molar-refractivity contribution in [2.24, 2.45) is 0 Å². The topological polar surface area (TPSA) is 32.3 Å². The third-order valence-electron chi connectivity index (χ3n) is 2.81. The van der Waals surface area contributed by atoms with Crippen LogP contribution in [0.25, 0.3) is 0 Å². The molecule has 2 N–H and O–H groups in total. The van der Waals surface area contributed by atoms with Crippen LogP contribution in [0.3, 0.4) is 0 Å². The molecule has 0 radical (unpaired) electrons. The summed E-state index contributed by atoms with van der Waals surface area (Å²) in [6, 6.07) is 11.1. The lowest BCUT2D eigenvalue weighted by atomic mass is 10.0. The monoisotopic (exact) mass is 221 g/mol. The Morgan fingerprint density at radius 3 is 2.56 bits per heavy atom. The van der Waals surface area contributed by atoms with Crippen LogP contribution in [-0.2, 0) is 6.42 Å². The number of hydrogen-bond donors (Lipinski definition) is 2. The maximum absolute atomic E-state index is 8.81. The average Bonchev–Trinajstić information content (AvgIpc) is 2.34. The fraction of sp³-hybridized carbons (Fsp3) is 0.571. The summed E-state index contributed by atoms with van der Waals surface area (Å²) in [7, 11) is 0. The Labute approximate surface area is 98.7 Å². The van der Waals surface area contributed by atoms with Crippen LogP contribution in [-0.4, -0.2) is 24.3 Å². The standard InChI is InChI=1S/C14H23NO/c1-2-6-14(15-11-12-16)10-9-13-7-4-3-5-8-13/h3-5,7-8,14-16H,2,6,9-12H2,1H3. The predicted molar refractivity (Wildman–Crippen MR) is 68.5 cm³/mol. The summed E-state index contributed by atoms with van der Waals surface area (Å²) in [6.07, 6.45) is 4.65. The quantitative estimate of drug-likeness (QED) is 0.706. The van der Waals surface area contributed by atoms with Crippen molar-refractivity contribution in [2.45, 2.75) is 38.6 Å². The molecule has 0 aliphatic heterocycles. The van der Waals surface area contributed by atoms with Gasteiger partial charge in [0.05, 0.1) is 6.61 Å². The molecular weight excluding hydrogens is 198 g/mol. The van der Waals surface area contributed by atoms with Crippen molar-refractivity contribution in [2.75, 3.05) is 13.2 Å². The highest BCUT2D eigenvalue weighted by Gasteiger charge is 2.06.